The van der Waals surface area contributed by atoms with Gasteiger partial charge in [0.25, 0.3) is 0 Å². The van der Waals surface area contributed by atoms with Gasteiger partial charge < -0.3 is 66.1 Å². The number of aliphatic hydroxyl groups excluding tert-OH is 10. The molecule has 0 fully saturated rings. The van der Waals surface area contributed by atoms with Gasteiger partial charge in [0, 0.05) is 0 Å². The Labute approximate surface area is 142 Å². The van der Waals surface area contributed by atoms with Crippen molar-refractivity contribution >= 4 is 12.6 Å². The van der Waals surface area contributed by atoms with Crippen molar-refractivity contribution in [3.8, 4) is 0 Å². The summed E-state index contributed by atoms with van der Waals surface area (Å²) in [5.74, 6) is 0. The third-order valence-electron chi connectivity index (χ3n) is 2.84. The SMILES string of the molecule is O.O=CC(O)C(O)C(O)C(O)CO.O=CC(O)C(O)C(O)C(O)CO. The Morgan fingerprint density at radius 3 is 0.960 bits per heavy atom. The van der Waals surface area contributed by atoms with Crippen LogP contribution in [0, 0.1) is 0 Å². The highest BCUT2D eigenvalue weighted by Crippen LogP contribution is 2.03. The normalized spacial score (nSPS) is 20.2. The first kappa shape index (κ1) is 28.7. The lowest BCUT2D eigenvalue weighted by Crippen LogP contribution is -2.46. The van der Waals surface area contributed by atoms with E-state index in [1.807, 2.05) is 0 Å². The fourth-order valence-electron chi connectivity index (χ4n) is 1.24. The molecule has 8 atom stereocenters. The van der Waals surface area contributed by atoms with E-state index in [1.165, 1.54) is 0 Å². The predicted molar refractivity (Wildman–Crippen MR) is 78.0 cm³/mol. The molecule has 0 amide bonds. The molecule has 12 N–H and O–H groups in total. The molecule has 0 saturated carbocycles. The Morgan fingerprint density at radius 2 is 0.800 bits per heavy atom. The lowest BCUT2D eigenvalue weighted by atomic mass is 10.0. The molecule has 0 aromatic rings. The zero-order valence-corrected chi connectivity index (χ0v) is 13.0. The van der Waals surface area contributed by atoms with E-state index in [9.17, 15) is 9.59 Å². The number of aldehydes is 2. The minimum absolute atomic E-state index is 0. The molecule has 25 heavy (non-hydrogen) atoms. The number of aliphatic hydroxyl groups is 10. The van der Waals surface area contributed by atoms with Crippen molar-refractivity contribution in [1.82, 2.24) is 0 Å². The van der Waals surface area contributed by atoms with Gasteiger partial charge >= 0.3 is 0 Å². The fourth-order valence-corrected chi connectivity index (χ4v) is 1.24. The molecule has 13 heteroatoms. The molecule has 0 aromatic heterocycles. The smallest absolute Gasteiger partial charge is 0.151 e. The summed E-state index contributed by atoms with van der Waals surface area (Å²) in [5.41, 5.74) is 0. The van der Waals surface area contributed by atoms with E-state index in [0.717, 1.165) is 0 Å². The second-order valence-electron chi connectivity index (χ2n) is 4.72. The molecule has 0 rings (SSSR count). The largest absolute Gasteiger partial charge is 0.412 e. The summed E-state index contributed by atoms with van der Waals surface area (Å²) < 4.78 is 0. The van der Waals surface area contributed by atoms with Crippen molar-refractivity contribution in [2.45, 2.75) is 48.8 Å². The minimum Gasteiger partial charge on any atom is -0.412 e. The van der Waals surface area contributed by atoms with Gasteiger partial charge in [-0.2, -0.15) is 0 Å². The Kier molecular flexibility index (Phi) is 17.4. The highest BCUT2D eigenvalue weighted by Gasteiger charge is 2.30. The van der Waals surface area contributed by atoms with Crippen molar-refractivity contribution in [3.63, 3.8) is 0 Å². The summed E-state index contributed by atoms with van der Waals surface area (Å²) in [6.07, 6.45) is -13.7. The maximum atomic E-state index is 9.90. The van der Waals surface area contributed by atoms with Gasteiger partial charge in [0.1, 0.15) is 48.8 Å². The summed E-state index contributed by atoms with van der Waals surface area (Å²) in [7, 11) is 0. The van der Waals surface area contributed by atoms with Crippen LogP contribution in [0.15, 0.2) is 0 Å². The maximum Gasteiger partial charge on any atom is 0.151 e. The second kappa shape index (κ2) is 15.2. The quantitative estimate of drug-likeness (QED) is 0.159. The van der Waals surface area contributed by atoms with Crippen LogP contribution < -0.4 is 0 Å². The fraction of sp³-hybridized carbons (Fsp3) is 0.833. The average Bonchev–Trinajstić information content (AvgIpc) is 2.62. The summed E-state index contributed by atoms with van der Waals surface area (Å²) in [5, 5.41) is 87.1. The van der Waals surface area contributed by atoms with Crippen LogP contribution >= 0.6 is 0 Å². The summed E-state index contributed by atoms with van der Waals surface area (Å²) in [6, 6.07) is 0. The number of rotatable bonds is 10. The van der Waals surface area contributed by atoms with Crippen LogP contribution in [0.4, 0.5) is 0 Å². The summed E-state index contributed by atoms with van der Waals surface area (Å²) in [4.78, 5) is 19.8. The highest BCUT2D eigenvalue weighted by atomic mass is 16.4. The van der Waals surface area contributed by atoms with Crippen molar-refractivity contribution < 1.29 is 66.1 Å². The topological polar surface area (TPSA) is 268 Å². The molecule has 0 radical (unpaired) electrons. The Balaban J connectivity index is -0.000000372. The van der Waals surface area contributed by atoms with E-state index >= 15 is 0 Å². The first-order valence-corrected chi connectivity index (χ1v) is 6.65. The van der Waals surface area contributed by atoms with Crippen molar-refractivity contribution in [2.75, 3.05) is 13.2 Å². The monoisotopic (exact) mass is 378 g/mol. The van der Waals surface area contributed by atoms with E-state index < -0.39 is 62.0 Å². The van der Waals surface area contributed by atoms with E-state index in [4.69, 9.17) is 51.1 Å². The predicted octanol–water partition coefficient (Wildman–Crippen LogP) is -7.58. The Hall–Kier alpha value is -1.10. The van der Waals surface area contributed by atoms with Gasteiger partial charge in [-0.1, -0.05) is 0 Å². The molecule has 0 spiro atoms. The molecule has 13 nitrogen and oxygen atoms in total. The zero-order chi connectivity index (χ0) is 19.4. The number of carbonyl (C=O) groups excluding carboxylic acids is 2. The van der Waals surface area contributed by atoms with Crippen LogP contribution in [-0.2, 0) is 9.59 Å². The first-order chi connectivity index (χ1) is 11.1. The van der Waals surface area contributed by atoms with E-state index in [2.05, 4.69) is 0 Å². The molecule has 152 valence electrons. The third kappa shape index (κ3) is 10.5. The van der Waals surface area contributed by atoms with Gasteiger partial charge in [-0.05, 0) is 0 Å². The Bertz CT molecular complexity index is 309. The first-order valence-electron chi connectivity index (χ1n) is 6.65. The van der Waals surface area contributed by atoms with E-state index in [1.54, 1.807) is 0 Å². The number of hydrogen-bond donors (Lipinski definition) is 10. The molecule has 0 aliphatic rings. The van der Waals surface area contributed by atoms with Gasteiger partial charge in [0.2, 0.25) is 0 Å². The van der Waals surface area contributed by atoms with E-state index in [0.29, 0.717) is 0 Å². The van der Waals surface area contributed by atoms with Gasteiger partial charge in [0.15, 0.2) is 12.6 Å². The molecular formula is C12H26O13. The van der Waals surface area contributed by atoms with Crippen LogP contribution in [-0.4, -0.2) is 131 Å². The standard InChI is InChI=1S/2C6H12O6.H2O/c2*7-1-3(9)5(11)6(12)4(10)2-8;/h2*1,3-6,8-12H,2H2;1H2. The van der Waals surface area contributed by atoms with E-state index in [-0.39, 0.29) is 18.0 Å². The second-order valence-corrected chi connectivity index (χ2v) is 4.72. The molecule has 0 bridgehead atoms. The molecular weight excluding hydrogens is 352 g/mol. The zero-order valence-electron chi connectivity index (χ0n) is 13.0. The van der Waals surface area contributed by atoms with Crippen molar-refractivity contribution in [2.24, 2.45) is 0 Å². The highest BCUT2D eigenvalue weighted by molar-refractivity contribution is 5.57. The molecule has 8 unspecified atom stereocenters. The van der Waals surface area contributed by atoms with Gasteiger partial charge in [-0.15, -0.1) is 0 Å². The number of hydrogen-bond acceptors (Lipinski definition) is 12. The van der Waals surface area contributed by atoms with Crippen molar-refractivity contribution in [3.05, 3.63) is 0 Å². The Morgan fingerprint density at radius 1 is 0.560 bits per heavy atom. The van der Waals surface area contributed by atoms with Crippen LogP contribution in [0.2, 0.25) is 0 Å². The molecule has 0 saturated heterocycles. The average molecular weight is 378 g/mol. The molecule has 0 aromatic carbocycles. The third-order valence-corrected chi connectivity index (χ3v) is 2.84. The number of carbonyl (C=O) groups is 2. The maximum absolute atomic E-state index is 9.90. The van der Waals surface area contributed by atoms with Gasteiger partial charge in [-0.25, -0.2) is 0 Å². The molecule has 0 aliphatic heterocycles. The van der Waals surface area contributed by atoms with Crippen molar-refractivity contribution in [1.29, 1.82) is 0 Å². The van der Waals surface area contributed by atoms with Crippen LogP contribution in [0.3, 0.4) is 0 Å². The van der Waals surface area contributed by atoms with Crippen LogP contribution in [0.25, 0.3) is 0 Å². The molecule has 0 aliphatic carbocycles. The van der Waals surface area contributed by atoms with Crippen LogP contribution in [0.5, 0.6) is 0 Å². The van der Waals surface area contributed by atoms with Gasteiger partial charge in [0.05, 0.1) is 13.2 Å². The minimum atomic E-state index is -1.79. The lowest BCUT2D eigenvalue weighted by Gasteiger charge is -2.22. The lowest BCUT2D eigenvalue weighted by molar-refractivity contribution is -0.136. The summed E-state index contributed by atoms with van der Waals surface area (Å²) in [6.45, 7) is -1.52. The molecule has 0 heterocycles. The van der Waals surface area contributed by atoms with Gasteiger partial charge in [-0.3, -0.25) is 0 Å². The van der Waals surface area contributed by atoms with Crippen LogP contribution in [0.1, 0.15) is 0 Å². The summed E-state index contributed by atoms with van der Waals surface area (Å²) >= 11 is 0.